The van der Waals surface area contributed by atoms with Crippen molar-refractivity contribution in [3.05, 3.63) is 53.3 Å². The zero-order valence-corrected chi connectivity index (χ0v) is 16.8. The number of nitrogens with one attached hydrogen (secondary N) is 1. The molecule has 0 bridgehead atoms. The number of hydrogen-bond acceptors (Lipinski definition) is 6. The number of aliphatic hydroxyl groups excluding tert-OH is 1. The molecule has 2 aromatic rings. The van der Waals surface area contributed by atoms with Gasteiger partial charge in [0, 0.05) is 18.1 Å². The molecule has 1 fully saturated rings. The molecule has 2 aromatic carbocycles. The smallest absolute Gasteiger partial charge is 0.412 e. The molecule has 3 N–H and O–H groups in total. The average Bonchev–Trinajstić information content (AvgIpc) is 3.23. The fourth-order valence-corrected chi connectivity index (χ4v) is 4.87. The van der Waals surface area contributed by atoms with Crippen LogP contribution in [0.3, 0.4) is 0 Å². The third kappa shape index (κ3) is 3.64. The van der Waals surface area contributed by atoms with E-state index in [0.29, 0.717) is 9.87 Å². The van der Waals surface area contributed by atoms with E-state index in [2.05, 4.69) is 0 Å². The van der Waals surface area contributed by atoms with Crippen molar-refractivity contribution in [2.75, 3.05) is 22.4 Å². The van der Waals surface area contributed by atoms with Crippen LogP contribution in [0.1, 0.15) is 11.1 Å². The molecule has 31 heavy (non-hydrogen) atoms. The van der Waals surface area contributed by atoms with Gasteiger partial charge in [-0.25, -0.2) is 18.2 Å². The van der Waals surface area contributed by atoms with Crippen molar-refractivity contribution in [2.24, 2.45) is 0 Å². The first kappa shape index (κ1) is 20.9. The average molecular weight is 451 g/mol. The fraction of sp³-hybridized carbons (Fsp3) is 0.263. The van der Waals surface area contributed by atoms with Crippen LogP contribution < -0.4 is 18.7 Å². The summed E-state index contributed by atoms with van der Waals surface area (Å²) in [7, 11) is -4.35. The van der Waals surface area contributed by atoms with Gasteiger partial charge in [0.1, 0.15) is 24.6 Å². The summed E-state index contributed by atoms with van der Waals surface area (Å²) in [4.78, 5) is 24.2. The Hall–Kier alpha value is -3.38. The monoisotopic (exact) mass is 451 g/mol. The normalized spacial score (nSPS) is 19.3. The summed E-state index contributed by atoms with van der Waals surface area (Å²) in [5.74, 6) is -2.11. The Kier molecular flexibility index (Phi) is 5.19. The zero-order valence-electron chi connectivity index (χ0n) is 16.0. The second-order valence-electron chi connectivity index (χ2n) is 7.04. The maximum Gasteiger partial charge on any atom is 0.412 e. The van der Waals surface area contributed by atoms with Gasteiger partial charge in [0.2, 0.25) is 0 Å². The highest BCUT2D eigenvalue weighted by atomic mass is 32.2. The first-order chi connectivity index (χ1) is 14.7. The third-order valence-electron chi connectivity index (χ3n) is 5.07. The number of ether oxygens (including phenoxy) is 1. The Morgan fingerprint density at radius 2 is 2.00 bits per heavy atom. The zero-order chi connectivity index (χ0) is 22.3. The van der Waals surface area contributed by atoms with Gasteiger partial charge in [-0.3, -0.25) is 9.69 Å². The number of carbonyl (C=O) groups excluding carboxylic acids is 1. The lowest BCUT2D eigenvalue weighted by Gasteiger charge is -2.23. The van der Waals surface area contributed by atoms with Crippen molar-refractivity contribution in [3.8, 4) is 5.75 Å². The number of rotatable bonds is 5. The Labute approximate surface area is 176 Å². The van der Waals surface area contributed by atoms with E-state index in [9.17, 15) is 28.2 Å². The second-order valence-corrected chi connectivity index (χ2v) is 8.63. The standard InChI is InChI=1S/C19H18FN3O7S/c20-17-13-6-12(9-24)23(19(26)27)14(13)7-15(30-10-11-4-2-1-3-5-11)18(17)22-8-16(25)21-31(22,28)29/h1-5,7,12,24H,6,8-10H2,(H,21,25)(H,26,27)/t12-/m1/s1. The van der Waals surface area contributed by atoms with Gasteiger partial charge in [-0.05, 0) is 5.56 Å². The van der Waals surface area contributed by atoms with Crippen LogP contribution in [0.15, 0.2) is 36.4 Å². The quantitative estimate of drug-likeness (QED) is 0.617. The number of benzene rings is 2. The molecule has 2 aliphatic heterocycles. The molecule has 0 aromatic heterocycles. The third-order valence-corrected chi connectivity index (χ3v) is 6.45. The Balaban J connectivity index is 1.85. The van der Waals surface area contributed by atoms with Gasteiger partial charge < -0.3 is 14.9 Å². The molecule has 12 heteroatoms. The van der Waals surface area contributed by atoms with E-state index < -0.39 is 52.9 Å². The van der Waals surface area contributed by atoms with Gasteiger partial charge in [-0.1, -0.05) is 30.3 Å². The number of hydrogen-bond donors (Lipinski definition) is 3. The van der Waals surface area contributed by atoms with Crippen molar-refractivity contribution < 1.29 is 37.3 Å². The van der Waals surface area contributed by atoms with Crippen molar-refractivity contribution in [1.29, 1.82) is 0 Å². The number of carbonyl (C=O) groups is 2. The van der Waals surface area contributed by atoms with E-state index in [-0.39, 0.29) is 30.0 Å². The molecule has 0 radical (unpaired) electrons. The van der Waals surface area contributed by atoms with E-state index in [1.807, 2.05) is 0 Å². The van der Waals surface area contributed by atoms with Crippen molar-refractivity contribution in [2.45, 2.75) is 19.1 Å². The predicted octanol–water partition coefficient (Wildman–Crippen LogP) is 0.987. The Morgan fingerprint density at radius 3 is 2.58 bits per heavy atom. The van der Waals surface area contributed by atoms with E-state index >= 15 is 4.39 Å². The number of fused-ring (bicyclic) bond motifs is 1. The van der Waals surface area contributed by atoms with Crippen LogP contribution in [-0.4, -0.2) is 49.8 Å². The van der Waals surface area contributed by atoms with Crippen LogP contribution in [-0.2, 0) is 28.0 Å². The van der Waals surface area contributed by atoms with Crippen molar-refractivity contribution >= 4 is 33.6 Å². The van der Waals surface area contributed by atoms with Gasteiger partial charge in [-0.15, -0.1) is 0 Å². The van der Waals surface area contributed by atoms with Crippen LogP contribution in [0.2, 0.25) is 0 Å². The molecule has 0 saturated carbocycles. The molecule has 1 saturated heterocycles. The molecule has 0 unspecified atom stereocenters. The van der Waals surface area contributed by atoms with Crippen molar-refractivity contribution in [1.82, 2.24) is 4.72 Å². The lowest BCUT2D eigenvalue weighted by Crippen LogP contribution is -2.38. The summed E-state index contributed by atoms with van der Waals surface area (Å²) in [6.07, 6.45) is -1.56. The maximum atomic E-state index is 15.6. The van der Waals surface area contributed by atoms with Crippen LogP contribution >= 0.6 is 0 Å². The van der Waals surface area contributed by atoms with Crippen LogP contribution in [0, 0.1) is 5.82 Å². The number of nitrogens with zero attached hydrogens (tertiary/aromatic N) is 2. The molecule has 10 nitrogen and oxygen atoms in total. The first-order valence-corrected chi connectivity index (χ1v) is 10.7. The number of carboxylic acid groups (broad SMARTS) is 1. The highest BCUT2D eigenvalue weighted by Crippen LogP contribution is 2.45. The SMILES string of the molecule is O=C1CN(c2c(OCc3ccccc3)cc3c(c2F)C[C@H](CO)N3C(=O)O)S(=O)(=O)N1. The number of halogens is 1. The van der Waals surface area contributed by atoms with Crippen LogP contribution in [0.5, 0.6) is 5.75 Å². The highest BCUT2D eigenvalue weighted by molar-refractivity contribution is 7.92. The minimum Gasteiger partial charge on any atom is -0.487 e. The molecular weight excluding hydrogens is 433 g/mol. The summed E-state index contributed by atoms with van der Waals surface area (Å²) >= 11 is 0. The minimum absolute atomic E-state index is 0.0493. The van der Waals surface area contributed by atoms with Gasteiger partial charge in [0.05, 0.1) is 18.3 Å². The van der Waals surface area contributed by atoms with E-state index in [1.165, 1.54) is 6.07 Å². The molecule has 164 valence electrons. The summed E-state index contributed by atoms with van der Waals surface area (Å²) < 4.78 is 48.4. The van der Waals surface area contributed by atoms with E-state index in [1.54, 1.807) is 35.1 Å². The predicted molar refractivity (Wildman–Crippen MR) is 107 cm³/mol. The molecular formula is C19H18FN3O7S. The summed E-state index contributed by atoms with van der Waals surface area (Å²) in [6, 6.07) is 9.08. The Bertz CT molecular complexity index is 1160. The molecule has 2 aliphatic rings. The Morgan fingerprint density at radius 1 is 1.29 bits per heavy atom. The van der Waals surface area contributed by atoms with Gasteiger partial charge in [0.25, 0.3) is 5.91 Å². The lowest BCUT2D eigenvalue weighted by atomic mass is 10.1. The highest BCUT2D eigenvalue weighted by Gasteiger charge is 2.42. The van der Waals surface area contributed by atoms with Gasteiger partial charge in [0.15, 0.2) is 5.82 Å². The largest absolute Gasteiger partial charge is 0.487 e. The lowest BCUT2D eigenvalue weighted by molar-refractivity contribution is -0.117. The summed E-state index contributed by atoms with van der Waals surface area (Å²) in [5.41, 5.74) is 0.0814. The molecule has 2 heterocycles. The van der Waals surface area contributed by atoms with Gasteiger partial charge >= 0.3 is 16.3 Å². The maximum absolute atomic E-state index is 15.6. The molecule has 2 amide bonds. The first-order valence-electron chi connectivity index (χ1n) is 9.21. The van der Waals surface area contributed by atoms with E-state index in [0.717, 1.165) is 4.90 Å². The summed E-state index contributed by atoms with van der Waals surface area (Å²) in [6.45, 7) is -1.26. The van der Waals surface area contributed by atoms with E-state index in [4.69, 9.17) is 4.74 Å². The fourth-order valence-electron chi connectivity index (χ4n) is 3.70. The van der Waals surface area contributed by atoms with Crippen molar-refractivity contribution in [3.63, 3.8) is 0 Å². The minimum atomic E-state index is -4.35. The topological polar surface area (TPSA) is 136 Å². The number of aliphatic hydroxyl groups is 1. The van der Waals surface area contributed by atoms with Crippen LogP contribution in [0.4, 0.5) is 20.6 Å². The second kappa shape index (κ2) is 7.71. The molecule has 0 spiro atoms. The number of anilines is 2. The summed E-state index contributed by atoms with van der Waals surface area (Å²) in [5, 5.41) is 19.1. The van der Waals surface area contributed by atoms with Gasteiger partial charge in [-0.2, -0.15) is 8.42 Å². The molecule has 0 aliphatic carbocycles. The number of amides is 2. The molecule has 4 rings (SSSR count). The van der Waals surface area contributed by atoms with Crippen LogP contribution in [0.25, 0.3) is 0 Å². The molecule has 1 atom stereocenters.